The average Bonchev–Trinajstić information content (AvgIpc) is 2.02. The molecule has 4 heteroatoms. The van der Waals surface area contributed by atoms with Crippen LogP contribution in [0.2, 0.25) is 0 Å². The summed E-state index contributed by atoms with van der Waals surface area (Å²) < 4.78 is 5.05. The van der Waals surface area contributed by atoms with E-state index in [4.69, 9.17) is 10.6 Å². The summed E-state index contributed by atoms with van der Waals surface area (Å²) >= 11 is 0. The number of hydrogen-bond acceptors (Lipinski definition) is 4. The van der Waals surface area contributed by atoms with Crippen molar-refractivity contribution in [3.63, 3.8) is 0 Å². The molecule has 0 aromatic rings. The van der Waals surface area contributed by atoms with E-state index in [2.05, 4.69) is 5.43 Å². The highest BCUT2D eigenvalue weighted by atomic mass is 16.5. The smallest absolute Gasteiger partial charge is 0.311 e. The van der Waals surface area contributed by atoms with Crippen LogP contribution in [0.5, 0.6) is 0 Å². The lowest BCUT2D eigenvalue weighted by atomic mass is 9.97. The summed E-state index contributed by atoms with van der Waals surface area (Å²) in [4.78, 5) is 11.2. The van der Waals surface area contributed by atoms with Crippen molar-refractivity contribution in [3.8, 4) is 0 Å². The van der Waals surface area contributed by atoms with E-state index < -0.39 is 5.41 Å². The zero-order chi connectivity index (χ0) is 10.3. The predicted molar refractivity (Wildman–Crippen MR) is 51.8 cm³/mol. The minimum atomic E-state index is -0.397. The van der Waals surface area contributed by atoms with Gasteiger partial charge < -0.3 is 4.74 Å². The number of hydrazine groups is 1. The van der Waals surface area contributed by atoms with Gasteiger partial charge in [-0.25, -0.2) is 0 Å². The third-order valence-electron chi connectivity index (χ3n) is 1.56. The van der Waals surface area contributed by atoms with Crippen LogP contribution in [-0.2, 0) is 9.53 Å². The molecule has 0 radical (unpaired) electrons. The van der Waals surface area contributed by atoms with Crippen molar-refractivity contribution < 1.29 is 9.53 Å². The van der Waals surface area contributed by atoms with Crippen molar-refractivity contribution in [2.45, 2.75) is 33.6 Å². The first-order valence-corrected chi connectivity index (χ1v) is 4.59. The van der Waals surface area contributed by atoms with Gasteiger partial charge in [0.2, 0.25) is 0 Å². The molecular weight excluding hydrogens is 168 g/mol. The number of carbonyl (C=O) groups excluding carboxylic acids is 1. The van der Waals surface area contributed by atoms with Gasteiger partial charge in [0.15, 0.2) is 0 Å². The Morgan fingerprint density at radius 2 is 2.00 bits per heavy atom. The highest BCUT2D eigenvalue weighted by molar-refractivity contribution is 5.75. The summed E-state index contributed by atoms with van der Waals surface area (Å²) in [6.45, 7) is 6.77. The van der Waals surface area contributed by atoms with Crippen LogP contribution in [0.25, 0.3) is 0 Å². The average molecular weight is 188 g/mol. The van der Waals surface area contributed by atoms with Gasteiger partial charge in [-0.05, 0) is 33.6 Å². The van der Waals surface area contributed by atoms with Gasteiger partial charge in [0.25, 0.3) is 0 Å². The summed E-state index contributed by atoms with van der Waals surface area (Å²) in [7, 11) is 0. The Labute approximate surface area is 79.8 Å². The second-order valence-electron chi connectivity index (χ2n) is 4.05. The minimum absolute atomic E-state index is 0.145. The number of nitrogens with two attached hydrogens (primary N) is 1. The van der Waals surface area contributed by atoms with Gasteiger partial charge in [0.05, 0.1) is 12.0 Å². The third-order valence-corrected chi connectivity index (χ3v) is 1.56. The van der Waals surface area contributed by atoms with E-state index in [1.165, 1.54) is 0 Å². The largest absolute Gasteiger partial charge is 0.465 e. The van der Waals surface area contributed by atoms with Crippen molar-refractivity contribution in [2.24, 2.45) is 11.3 Å². The van der Waals surface area contributed by atoms with Crippen LogP contribution in [0.4, 0.5) is 0 Å². The number of unbranched alkanes of at least 4 members (excludes halogenated alkanes) is 1. The van der Waals surface area contributed by atoms with Gasteiger partial charge >= 0.3 is 5.97 Å². The number of carbonyl (C=O) groups is 1. The van der Waals surface area contributed by atoms with Gasteiger partial charge in [-0.15, -0.1) is 0 Å². The topological polar surface area (TPSA) is 64.3 Å². The minimum Gasteiger partial charge on any atom is -0.465 e. The van der Waals surface area contributed by atoms with Gasteiger partial charge in [0, 0.05) is 6.54 Å². The zero-order valence-electron chi connectivity index (χ0n) is 8.72. The quantitative estimate of drug-likeness (QED) is 0.290. The standard InChI is InChI=1S/C9H20N2O2/c1-9(2,3)8(12)13-7-5-4-6-11-10/h11H,4-7,10H2,1-3H3. The molecule has 0 fully saturated rings. The summed E-state index contributed by atoms with van der Waals surface area (Å²) in [6.07, 6.45) is 1.78. The third kappa shape index (κ3) is 6.54. The maximum Gasteiger partial charge on any atom is 0.311 e. The Kier molecular flexibility index (Phi) is 5.66. The fourth-order valence-corrected chi connectivity index (χ4v) is 0.710. The molecule has 0 heterocycles. The van der Waals surface area contributed by atoms with Gasteiger partial charge in [-0.2, -0.15) is 0 Å². The lowest BCUT2D eigenvalue weighted by Gasteiger charge is -2.16. The van der Waals surface area contributed by atoms with Crippen molar-refractivity contribution in [2.75, 3.05) is 13.2 Å². The summed E-state index contributed by atoms with van der Waals surface area (Å²) in [5.74, 6) is 4.94. The molecule has 0 saturated heterocycles. The number of rotatable bonds is 5. The van der Waals surface area contributed by atoms with Crippen LogP contribution in [0.15, 0.2) is 0 Å². The first-order chi connectivity index (χ1) is 5.98. The second-order valence-corrected chi connectivity index (χ2v) is 4.05. The molecule has 0 aromatic carbocycles. The van der Waals surface area contributed by atoms with Crippen LogP contribution in [0.1, 0.15) is 33.6 Å². The number of ether oxygens (including phenoxy) is 1. The molecule has 3 N–H and O–H groups in total. The molecule has 0 aliphatic heterocycles. The van der Waals surface area contributed by atoms with E-state index in [9.17, 15) is 4.79 Å². The van der Waals surface area contributed by atoms with Crippen LogP contribution in [-0.4, -0.2) is 19.1 Å². The molecule has 0 aliphatic carbocycles. The van der Waals surface area contributed by atoms with E-state index >= 15 is 0 Å². The Hall–Kier alpha value is -0.610. The summed E-state index contributed by atoms with van der Waals surface area (Å²) in [5.41, 5.74) is 2.15. The van der Waals surface area contributed by atoms with Crippen molar-refractivity contribution in [1.82, 2.24) is 5.43 Å². The fourth-order valence-electron chi connectivity index (χ4n) is 0.710. The molecule has 0 aromatic heterocycles. The van der Waals surface area contributed by atoms with E-state index in [1.54, 1.807) is 0 Å². The number of nitrogens with one attached hydrogen (secondary N) is 1. The summed E-state index contributed by atoms with van der Waals surface area (Å²) in [5, 5.41) is 0. The molecule has 13 heavy (non-hydrogen) atoms. The number of hydrogen-bond donors (Lipinski definition) is 2. The van der Waals surface area contributed by atoms with E-state index in [0.717, 1.165) is 19.4 Å². The van der Waals surface area contributed by atoms with Crippen LogP contribution >= 0.6 is 0 Å². The van der Waals surface area contributed by atoms with Crippen LogP contribution < -0.4 is 11.3 Å². The van der Waals surface area contributed by atoms with E-state index in [1.807, 2.05) is 20.8 Å². The van der Waals surface area contributed by atoms with Gasteiger partial charge in [-0.1, -0.05) is 0 Å². The highest BCUT2D eigenvalue weighted by Crippen LogP contribution is 2.15. The fraction of sp³-hybridized carbons (Fsp3) is 0.889. The van der Waals surface area contributed by atoms with Gasteiger partial charge in [-0.3, -0.25) is 16.1 Å². The molecule has 0 saturated carbocycles. The Balaban J connectivity index is 3.38. The van der Waals surface area contributed by atoms with E-state index in [0.29, 0.717) is 6.61 Å². The maximum atomic E-state index is 11.2. The Morgan fingerprint density at radius 3 is 2.46 bits per heavy atom. The molecule has 0 rings (SSSR count). The lowest BCUT2D eigenvalue weighted by Crippen LogP contribution is -2.25. The Bertz CT molecular complexity index is 152. The number of esters is 1. The molecular formula is C9H20N2O2. The molecule has 0 unspecified atom stereocenters. The highest BCUT2D eigenvalue weighted by Gasteiger charge is 2.22. The van der Waals surface area contributed by atoms with Crippen molar-refractivity contribution >= 4 is 5.97 Å². The Morgan fingerprint density at radius 1 is 1.38 bits per heavy atom. The SMILES string of the molecule is CC(C)(C)C(=O)OCCCCNN. The molecule has 78 valence electrons. The normalized spacial score (nSPS) is 11.4. The molecule has 4 nitrogen and oxygen atoms in total. The van der Waals surface area contributed by atoms with Crippen molar-refractivity contribution in [3.05, 3.63) is 0 Å². The van der Waals surface area contributed by atoms with E-state index in [-0.39, 0.29) is 5.97 Å². The first kappa shape index (κ1) is 12.4. The molecule has 0 atom stereocenters. The van der Waals surface area contributed by atoms with Crippen LogP contribution in [0, 0.1) is 5.41 Å². The molecule has 0 bridgehead atoms. The summed E-state index contributed by atoms with van der Waals surface area (Å²) in [6, 6.07) is 0. The van der Waals surface area contributed by atoms with Crippen LogP contribution in [0.3, 0.4) is 0 Å². The second kappa shape index (κ2) is 5.94. The predicted octanol–water partition coefficient (Wildman–Crippen LogP) is 0.819. The zero-order valence-corrected chi connectivity index (χ0v) is 8.72. The van der Waals surface area contributed by atoms with Crippen molar-refractivity contribution in [1.29, 1.82) is 0 Å². The maximum absolute atomic E-state index is 11.2. The first-order valence-electron chi connectivity index (χ1n) is 4.59. The molecule has 0 spiro atoms. The monoisotopic (exact) mass is 188 g/mol. The molecule has 0 aliphatic rings. The van der Waals surface area contributed by atoms with Gasteiger partial charge in [0.1, 0.15) is 0 Å². The molecule has 0 amide bonds. The lowest BCUT2D eigenvalue weighted by molar-refractivity contribution is -0.153.